The fraction of sp³-hybridized carbons (Fsp3) is 0.789. The predicted molar refractivity (Wildman–Crippen MR) is 136 cm³/mol. The highest BCUT2D eigenvalue weighted by atomic mass is 32.5. The molecule has 12 atom stereocenters. The van der Waals surface area contributed by atoms with Crippen LogP contribution in [0.2, 0.25) is 0 Å². The minimum atomic E-state index is -5.51. The lowest BCUT2D eigenvalue weighted by molar-refractivity contribution is -0.287. The Morgan fingerprint density at radius 3 is 2.41 bits per heavy atom. The van der Waals surface area contributed by atoms with Gasteiger partial charge in [-0.25, -0.2) is 18.1 Å². The van der Waals surface area contributed by atoms with E-state index in [0.717, 1.165) is 16.8 Å². The number of hydrogen-bond acceptors (Lipinski definition) is 15. The van der Waals surface area contributed by atoms with Crippen molar-refractivity contribution >= 4 is 26.3 Å². The Kier molecular flexibility index (Phi) is 10.9. The second-order valence-corrected chi connectivity index (χ2v) is 14.2. The van der Waals surface area contributed by atoms with E-state index in [1.807, 2.05) is 0 Å². The van der Waals surface area contributed by atoms with Crippen molar-refractivity contribution in [1.29, 1.82) is 0 Å². The molecule has 2 saturated heterocycles. The van der Waals surface area contributed by atoms with Crippen LogP contribution < -0.4 is 11.2 Å². The maximum atomic E-state index is 13.9. The van der Waals surface area contributed by atoms with Crippen molar-refractivity contribution in [2.24, 2.45) is 0 Å². The van der Waals surface area contributed by atoms with E-state index < -0.39 is 99.9 Å². The van der Waals surface area contributed by atoms with E-state index in [0.29, 0.717) is 0 Å². The third-order valence-electron chi connectivity index (χ3n) is 6.45. The van der Waals surface area contributed by atoms with E-state index in [1.165, 1.54) is 11.8 Å². The highest BCUT2D eigenvalue weighted by Gasteiger charge is 2.55. The molecule has 236 valence electrons. The number of rotatable bonds is 11. The number of alkyl halides is 1. The second kappa shape index (κ2) is 12.9. The van der Waals surface area contributed by atoms with Crippen molar-refractivity contribution in [3.63, 3.8) is 0 Å². The van der Waals surface area contributed by atoms with Crippen LogP contribution in [-0.2, 0) is 39.2 Å². The zero-order valence-electron chi connectivity index (χ0n) is 21.7. The van der Waals surface area contributed by atoms with Gasteiger partial charge < -0.3 is 49.3 Å². The molecule has 0 aromatic carbocycles. The molecule has 3 heterocycles. The van der Waals surface area contributed by atoms with Gasteiger partial charge in [0.05, 0.1) is 19.3 Å². The minimum Gasteiger partial charge on any atom is -0.393 e. The number of H-pyrrole nitrogens is 1. The van der Waals surface area contributed by atoms with Gasteiger partial charge in [-0.05, 0) is 32.8 Å². The summed E-state index contributed by atoms with van der Waals surface area (Å²) in [6.45, 7) is -5.35. The lowest BCUT2D eigenvalue weighted by Gasteiger charge is -2.41. The minimum absolute atomic E-state index is 0.670. The van der Waals surface area contributed by atoms with Gasteiger partial charge in [0.1, 0.15) is 36.1 Å². The summed E-state index contributed by atoms with van der Waals surface area (Å²) in [6, 6.07) is 0.151. The van der Waals surface area contributed by atoms with Crippen LogP contribution in [0.15, 0.2) is 21.9 Å². The third-order valence-corrected chi connectivity index (χ3v) is 9.94. The van der Waals surface area contributed by atoms with Crippen LogP contribution in [-0.4, -0.2) is 132 Å². The monoisotopic (exact) mass is 655 g/mol. The molecule has 2 aliphatic rings. The largest absolute Gasteiger partial charge is 0.481 e. The highest BCUT2D eigenvalue weighted by Crippen LogP contribution is 2.62. The number of nitrogens with one attached hydrogen (secondary N) is 1. The lowest BCUT2D eigenvalue weighted by Crippen LogP contribution is -2.60. The highest BCUT2D eigenvalue weighted by molar-refractivity contribution is 8.08. The summed E-state index contributed by atoms with van der Waals surface area (Å²) in [5.41, 5.74) is -3.23. The van der Waals surface area contributed by atoms with Gasteiger partial charge >= 0.3 is 20.2 Å². The van der Waals surface area contributed by atoms with E-state index in [4.69, 9.17) is 30.9 Å². The molecule has 2 fully saturated rings. The number of phosphoric ester groups is 1. The van der Waals surface area contributed by atoms with E-state index in [9.17, 15) is 48.8 Å². The van der Waals surface area contributed by atoms with Gasteiger partial charge in [-0.3, -0.25) is 23.8 Å². The molecule has 8 N–H and O–H groups in total. The number of halogens is 1. The molecule has 22 heteroatoms. The molecule has 0 bridgehead atoms. The Hall–Kier alpha value is -1.03. The molecule has 3 rings (SSSR count). The van der Waals surface area contributed by atoms with Gasteiger partial charge in [-0.15, -0.1) is 0 Å². The van der Waals surface area contributed by atoms with Gasteiger partial charge in [-0.1, -0.05) is 0 Å². The molecule has 18 nitrogen and oxygen atoms in total. The zero-order chi connectivity index (χ0) is 31.1. The SMILES string of the molecule is CN(C)[C@H]1[C@H](n2ccc(=O)[nH]c2=O)O[C@](C)(COP(O)(=S)OP(=O)(O)OC2OC([C@@H](F)CO)C(O)C(O)C2O)[C@H]1O. The summed E-state index contributed by atoms with van der Waals surface area (Å²) in [5, 5.41) is 49.8. The smallest absolute Gasteiger partial charge is 0.393 e. The zero-order valence-corrected chi connectivity index (χ0v) is 24.3. The topological polar surface area (TPSA) is 263 Å². The lowest BCUT2D eigenvalue weighted by atomic mass is 9.96. The summed E-state index contributed by atoms with van der Waals surface area (Å²) in [5.74, 6) is 0. The van der Waals surface area contributed by atoms with Gasteiger partial charge in [0, 0.05) is 12.3 Å². The summed E-state index contributed by atoms with van der Waals surface area (Å²) < 4.78 is 52.5. The fourth-order valence-electron chi connectivity index (χ4n) is 4.32. The van der Waals surface area contributed by atoms with Crippen molar-refractivity contribution in [3.8, 4) is 0 Å². The first kappa shape index (κ1) is 34.5. The Bertz CT molecular complexity index is 1290. The average Bonchev–Trinajstić information content (AvgIpc) is 3.12. The van der Waals surface area contributed by atoms with Crippen LogP contribution in [0.5, 0.6) is 0 Å². The standard InChI is InChI=1S/C19H32FN3O15P2S/c1-19(15(29)10(22(2)3)16(36-19)23-5-4-9(25)21-18(23)30)7-34-40(33,41)38-39(31,32)37-17-13(28)11(26)12(27)14(35-17)8(20)6-24/h4-5,8,10-17,24,26-29H,6-7H2,1-3H3,(H,31,32)(H,33,41)(H,21,25,30)/t8-,10+,11?,12?,13?,14?,15-,16+,17?,19+,40?/m0/s1. The van der Waals surface area contributed by atoms with E-state index in [1.54, 1.807) is 14.1 Å². The molecule has 0 radical (unpaired) electrons. The first-order valence-corrected chi connectivity index (χ1v) is 15.9. The van der Waals surface area contributed by atoms with Crippen LogP contribution >= 0.6 is 14.5 Å². The molecule has 41 heavy (non-hydrogen) atoms. The summed E-state index contributed by atoms with van der Waals surface area (Å²) in [6.07, 6.45) is -14.4. The number of aromatic amines is 1. The van der Waals surface area contributed by atoms with Gasteiger partial charge in [0.15, 0.2) is 18.7 Å². The van der Waals surface area contributed by atoms with Crippen molar-refractivity contribution in [3.05, 3.63) is 33.1 Å². The Morgan fingerprint density at radius 1 is 1.22 bits per heavy atom. The average molecular weight is 655 g/mol. The van der Waals surface area contributed by atoms with Crippen LogP contribution in [0.4, 0.5) is 4.39 Å². The van der Waals surface area contributed by atoms with Crippen molar-refractivity contribution in [1.82, 2.24) is 14.5 Å². The van der Waals surface area contributed by atoms with Gasteiger partial charge in [0.25, 0.3) is 5.56 Å². The third kappa shape index (κ3) is 7.74. The maximum absolute atomic E-state index is 13.9. The molecule has 1 aromatic rings. The first-order chi connectivity index (χ1) is 18.8. The summed E-state index contributed by atoms with van der Waals surface area (Å²) >= 11 is 4.76. The number of hydrogen-bond donors (Lipinski definition) is 8. The molecular formula is C19H32FN3O15P2S. The maximum Gasteiger partial charge on any atom is 0.481 e. The van der Waals surface area contributed by atoms with E-state index in [-0.39, 0.29) is 0 Å². The van der Waals surface area contributed by atoms with Crippen LogP contribution in [0.3, 0.4) is 0 Å². The normalized spacial score (nSPS) is 38.0. The number of aromatic nitrogens is 2. The molecule has 2 aliphatic heterocycles. The predicted octanol–water partition coefficient (Wildman–Crippen LogP) is -3.38. The molecular weight excluding hydrogens is 623 g/mol. The molecule has 7 unspecified atom stereocenters. The van der Waals surface area contributed by atoms with Crippen LogP contribution in [0.1, 0.15) is 13.2 Å². The Balaban J connectivity index is 1.72. The van der Waals surface area contributed by atoms with E-state index >= 15 is 0 Å². The summed E-state index contributed by atoms with van der Waals surface area (Å²) in [4.78, 5) is 48.0. The van der Waals surface area contributed by atoms with Crippen LogP contribution in [0, 0.1) is 0 Å². The van der Waals surface area contributed by atoms with Crippen molar-refractivity contribution in [2.45, 2.75) is 67.8 Å². The van der Waals surface area contributed by atoms with Gasteiger partial charge in [-0.2, -0.15) is 0 Å². The Morgan fingerprint density at radius 2 is 1.85 bits per heavy atom. The summed E-state index contributed by atoms with van der Waals surface area (Å²) in [7, 11) is -2.37. The molecule has 0 spiro atoms. The number of nitrogens with zero attached hydrogens (tertiary/aromatic N) is 2. The molecule has 1 aromatic heterocycles. The number of likely N-dealkylation sites (N-methyl/N-ethyl adjacent to an activating group) is 1. The van der Waals surface area contributed by atoms with Crippen molar-refractivity contribution < 1.29 is 67.1 Å². The quantitative estimate of drug-likeness (QED) is 0.108. The number of phosphoric acid groups is 1. The Labute approximate surface area is 236 Å². The van der Waals surface area contributed by atoms with Gasteiger partial charge in [0.2, 0.25) is 0 Å². The number of ether oxygens (including phenoxy) is 2. The second-order valence-electron chi connectivity index (χ2n) is 9.77. The molecule has 0 aliphatic carbocycles. The first-order valence-electron chi connectivity index (χ1n) is 11.8. The van der Waals surface area contributed by atoms with E-state index in [2.05, 4.69) is 13.8 Å². The van der Waals surface area contributed by atoms with Crippen molar-refractivity contribution in [2.75, 3.05) is 27.3 Å². The number of aliphatic hydroxyl groups excluding tert-OH is 5. The molecule has 0 amide bonds. The fourth-order valence-corrected chi connectivity index (χ4v) is 7.47. The molecule has 0 saturated carbocycles. The number of aliphatic hydroxyl groups is 5. The van der Waals surface area contributed by atoms with Crippen LogP contribution in [0.25, 0.3) is 0 Å².